The molecule has 38 heavy (non-hydrogen) atoms. The van der Waals surface area contributed by atoms with Gasteiger partial charge in [-0.3, -0.25) is 19.3 Å². The summed E-state index contributed by atoms with van der Waals surface area (Å²) in [6, 6.07) is 12.4. The number of amides is 1. The third kappa shape index (κ3) is 3.34. The number of nitrogens with two attached hydrogens (primary N) is 1. The maximum atomic E-state index is 14.1. The van der Waals surface area contributed by atoms with Gasteiger partial charge in [0.2, 0.25) is 5.78 Å². The first kappa shape index (κ1) is 25.7. The molecule has 1 saturated carbocycles. The standard InChI is InChI=1S/C28H28N2O8/c1-30(2)21-20-23(33)17-14(11-12-7-4-3-5-8-12)13-9-6-10-15(31)16(13)22(32)18(17)25(35)28(20,38)26(36)19(24(21)34)27(29)37/h3-10,14,17,20-21,23,31-33,36,38H,11H2,1-2H3,(H2,29,37). The fourth-order valence-electron chi connectivity index (χ4n) is 6.50. The van der Waals surface area contributed by atoms with E-state index in [1.54, 1.807) is 12.1 Å². The highest BCUT2D eigenvalue weighted by Gasteiger charge is 2.68. The van der Waals surface area contributed by atoms with Crippen LogP contribution in [0.4, 0.5) is 0 Å². The van der Waals surface area contributed by atoms with Gasteiger partial charge < -0.3 is 31.3 Å². The lowest BCUT2D eigenvalue weighted by atomic mass is 9.53. The topological polar surface area (TPSA) is 182 Å². The number of phenolic OH excluding ortho intramolecular Hbond substituents is 1. The van der Waals surface area contributed by atoms with Crippen LogP contribution in [0.5, 0.6) is 5.75 Å². The zero-order valence-corrected chi connectivity index (χ0v) is 20.7. The minimum atomic E-state index is -2.94. The monoisotopic (exact) mass is 520 g/mol. The van der Waals surface area contributed by atoms with E-state index in [9.17, 15) is 39.9 Å². The number of phenols is 1. The molecule has 5 rings (SSSR count). The van der Waals surface area contributed by atoms with Crippen molar-refractivity contribution in [3.8, 4) is 5.75 Å². The quantitative estimate of drug-likeness (QED) is 0.316. The molecular weight excluding hydrogens is 492 g/mol. The van der Waals surface area contributed by atoms with E-state index in [0.717, 1.165) is 5.56 Å². The minimum absolute atomic E-state index is 0.0306. The molecule has 3 aliphatic carbocycles. The van der Waals surface area contributed by atoms with E-state index in [-0.39, 0.29) is 17.7 Å². The Morgan fingerprint density at radius 3 is 2.29 bits per heavy atom. The second kappa shape index (κ2) is 8.80. The van der Waals surface area contributed by atoms with E-state index in [0.29, 0.717) is 5.56 Å². The van der Waals surface area contributed by atoms with Gasteiger partial charge in [0, 0.05) is 11.5 Å². The summed E-state index contributed by atoms with van der Waals surface area (Å²) >= 11 is 0. The summed E-state index contributed by atoms with van der Waals surface area (Å²) in [4.78, 5) is 40.9. The highest BCUT2D eigenvalue weighted by Crippen LogP contribution is 2.56. The number of hydrogen-bond acceptors (Lipinski definition) is 9. The van der Waals surface area contributed by atoms with Crippen LogP contribution in [0.2, 0.25) is 0 Å². The Kier molecular flexibility index (Phi) is 5.94. The largest absolute Gasteiger partial charge is 0.508 e. The lowest BCUT2D eigenvalue weighted by molar-refractivity contribution is -0.169. The van der Waals surface area contributed by atoms with Crippen molar-refractivity contribution in [3.63, 3.8) is 0 Å². The number of nitrogens with zero attached hydrogens (tertiary/aromatic N) is 1. The van der Waals surface area contributed by atoms with E-state index in [1.165, 1.54) is 25.1 Å². The van der Waals surface area contributed by atoms with E-state index in [2.05, 4.69) is 0 Å². The van der Waals surface area contributed by atoms with Gasteiger partial charge in [0.1, 0.15) is 22.8 Å². The predicted molar refractivity (Wildman–Crippen MR) is 135 cm³/mol. The number of aromatic hydroxyl groups is 1. The smallest absolute Gasteiger partial charge is 0.255 e. The molecule has 1 amide bonds. The van der Waals surface area contributed by atoms with E-state index < -0.39 is 75.6 Å². The van der Waals surface area contributed by atoms with Gasteiger partial charge in [-0.05, 0) is 43.6 Å². The second-order valence-electron chi connectivity index (χ2n) is 10.3. The molecule has 7 N–H and O–H groups in total. The first-order chi connectivity index (χ1) is 17.9. The van der Waals surface area contributed by atoms with Gasteiger partial charge in [-0.25, -0.2) is 0 Å². The second-order valence-corrected chi connectivity index (χ2v) is 10.3. The fraction of sp³-hybridized carbons (Fsp3) is 0.321. The van der Waals surface area contributed by atoms with Crippen LogP contribution in [0.15, 0.2) is 65.4 Å². The van der Waals surface area contributed by atoms with E-state index in [4.69, 9.17) is 5.73 Å². The summed E-state index contributed by atoms with van der Waals surface area (Å²) in [5.74, 6) is -9.09. The van der Waals surface area contributed by atoms with Crippen LogP contribution < -0.4 is 5.73 Å². The molecule has 1 fully saturated rings. The molecule has 0 spiro atoms. The molecule has 10 nitrogen and oxygen atoms in total. The van der Waals surface area contributed by atoms with Crippen molar-refractivity contribution in [2.75, 3.05) is 14.1 Å². The van der Waals surface area contributed by atoms with E-state index in [1.807, 2.05) is 30.3 Å². The average Bonchev–Trinajstić information content (AvgIpc) is 2.86. The third-order valence-corrected chi connectivity index (χ3v) is 8.10. The lowest BCUT2D eigenvalue weighted by Gasteiger charge is -2.54. The lowest BCUT2D eigenvalue weighted by Crippen LogP contribution is -2.70. The van der Waals surface area contributed by atoms with Crippen molar-refractivity contribution >= 4 is 23.2 Å². The van der Waals surface area contributed by atoms with Gasteiger partial charge in [0.05, 0.1) is 23.6 Å². The molecule has 0 bridgehead atoms. The number of aliphatic hydroxyl groups is 4. The number of primary amides is 1. The highest BCUT2D eigenvalue weighted by atomic mass is 16.4. The Bertz CT molecular complexity index is 1430. The Labute approximate surface area is 217 Å². The fourth-order valence-corrected chi connectivity index (χ4v) is 6.50. The van der Waals surface area contributed by atoms with Gasteiger partial charge in [-0.15, -0.1) is 0 Å². The first-order valence-corrected chi connectivity index (χ1v) is 12.1. The normalized spacial score (nSPS) is 30.7. The zero-order chi connectivity index (χ0) is 27.7. The predicted octanol–water partition coefficient (Wildman–Crippen LogP) is 0.719. The molecule has 10 heteroatoms. The maximum Gasteiger partial charge on any atom is 0.255 e. The molecule has 0 aromatic heterocycles. The Hall–Kier alpha value is -3.99. The van der Waals surface area contributed by atoms with Crippen molar-refractivity contribution in [2.24, 2.45) is 17.6 Å². The van der Waals surface area contributed by atoms with Crippen molar-refractivity contribution in [1.82, 2.24) is 4.90 Å². The minimum Gasteiger partial charge on any atom is -0.508 e. The molecule has 0 saturated heterocycles. The number of hydrogen-bond donors (Lipinski definition) is 6. The molecule has 0 radical (unpaired) electrons. The van der Waals surface area contributed by atoms with Crippen molar-refractivity contribution in [1.29, 1.82) is 0 Å². The number of aliphatic hydroxyl groups excluding tert-OH is 3. The van der Waals surface area contributed by atoms with Crippen LogP contribution in [0, 0.1) is 11.8 Å². The average molecular weight is 521 g/mol. The molecule has 6 unspecified atom stereocenters. The van der Waals surface area contributed by atoms with Crippen LogP contribution in [-0.2, 0) is 20.8 Å². The summed E-state index contributed by atoms with van der Waals surface area (Å²) < 4.78 is 0. The van der Waals surface area contributed by atoms with Gasteiger partial charge in [-0.2, -0.15) is 0 Å². The molecule has 198 valence electrons. The number of ketones is 2. The summed E-state index contributed by atoms with van der Waals surface area (Å²) in [5.41, 5.74) is 2.34. The molecule has 2 aromatic carbocycles. The SMILES string of the molecule is CN(C)C1C(=O)C(C(N)=O)=C(O)C2(O)C(=O)C3=C(O)c4c(O)cccc4C(Cc4ccccc4)C3C(O)C12. The van der Waals surface area contributed by atoms with Gasteiger partial charge in [-0.1, -0.05) is 42.5 Å². The first-order valence-electron chi connectivity index (χ1n) is 12.1. The summed E-state index contributed by atoms with van der Waals surface area (Å²) in [5, 5.41) is 56.6. The summed E-state index contributed by atoms with van der Waals surface area (Å²) in [6.07, 6.45) is -1.37. The van der Waals surface area contributed by atoms with Crippen LogP contribution in [-0.4, -0.2) is 79.7 Å². The molecule has 6 atom stereocenters. The van der Waals surface area contributed by atoms with Gasteiger partial charge in [0.15, 0.2) is 11.4 Å². The van der Waals surface area contributed by atoms with E-state index >= 15 is 0 Å². The summed E-state index contributed by atoms with van der Waals surface area (Å²) in [7, 11) is 2.94. The maximum absolute atomic E-state index is 14.1. The highest BCUT2D eigenvalue weighted by molar-refractivity contribution is 6.24. The molecule has 0 heterocycles. The van der Waals surface area contributed by atoms with Crippen molar-refractivity contribution in [2.45, 2.75) is 30.1 Å². The zero-order valence-electron chi connectivity index (χ0n) is 20.7. The van der Waals surface area contributed by atoms with Crippen LogP contribution in [0.1, 0.15) is 22.6 Å². The third-order valence-electron chi connectivity index (χ3n) is 8.10. The number of Topliss-reactive ketones (excluding diaryl/α,β-unsaturated/α-hetero) is 2. The van der Waals surface area contributed by atoms with Crippen LogP contribution >= 0.6 is 0 Å². The number of benzene rings is 2. The number of fused-ring (bicyclic) bond motifs is 3. The molecule has 2 aromatic rings. The molecular formula is C28H28N2O8. The van der Waals surface area contributed by atoms with Crippen LogP contribution in [0.3, 0.4) is 0 Å². The van der Waals surface area contributed by atoms with Crippen molar-refractivity contribution in [3.05, 3.63) is 82.1 Å². The van der Waals surface area contributed by atoms with Gasteiger partial charge in [0.25, 0.3) is 5.91 Å². The Morgan fingerprint density at radius 1 is 1.03 bits per heavy atom. The number of likely N-dealkylation sites (N-methyl/N-ethyl adjacent to an activating group) is 1. The van der Waals surface area contributed by atoms with Crippen LogP contribution in [0.25, 0.3) is 5.76 Å². The number of carbonyl (C=O) groups excluding carboxylic acids is 3. The Morgan fingerprint density at radius 2 is 1.68 bits per heavy atom. The number of carbonyl (C=O) groups is 3. The van der Waals surface area contributed by atoms with Crippen molar-refractivity contribution < 1.29 is 39.9 Å². The molecule has 3 aliphatic rings. The number of rotatable bonds is 4. The Balaban J connectivity index is 1.81. The van der Waals surface area contributed by atoms with Gasteiger partial charge >= 0.3 is 0 Å². The summed E-state index contributed by atoms with van der Waals surface area (Å²) in [6.45, 7) is 0. The molecule has 0 aliphatic heterocycles.